The summed E-state index contributed by atoms with van der Waals surface area (Å²) in [5.74, 6) is -1.48. The minimum Gasteiger partial charge on any atom is -0.392 e. The maximum absolute atomic E-state index is 12.3. The second kappa shape index (κ2) is 5.08. The zero-order valence-electron chi connectivity index (χ0n) is 11.2. The predicted octanol–water partition coefficient (Wildman–Crippen LogP) is 1.90. The second-order valence-corrected chi connectivity index (χ2v) is 6.79. The fourth-order valence-electron chi connectivity index (χ4n) is 2.36. The van der Waals surface area contributed by atoms with Crippen LogP contribution in [-0.2, 0) is 19.7 Å². The van der Waals surface area contributed by atoms with Gasteiger partial charge < -0.3 is 10.5 Å². The molecular formula is C15H14INO4. The van der Waals surface area contributed by atoms with Gasteiger partial charge in [-0.25, -0.2) is 0 Å². The van der Waals surface area contributed by atoms with Crippen LogP contribution < -0.4 is 5.73 Å². The van der Waals surface area contributed by atoms with E-state index in [2.05, 4.69) is 22.6 Å². The van der Waals surface area contributed by atoms with E-state index in [0.29, 0.717) is 18.4 Å². The van der Waals surface area contributed by atoms with Crippen molar-refractivity contribution in [1.29, 1.82) is 0 Å². The number of hydrogen-bond donors (Lipinski definition) is 1. The average molecular weight is 399 g/mol. The molecule has 5 nitrogen and oxygen atoms in total. The SMILES string of the molecule is NC(=O)c1ccc(C2(C(=O)OC(=O)C3CC3)CC2)c(I)c1. The maximum atomic E-state index is 12.3. The Labute approximate surface area is 135 Å². The number of amides is 1. The molecule has 0 saturated heterocycles. The average Bonchev–Trinajstić information content (AvgIpc) is 3.30. The Hall–Kier alpha value is -1.44. The molecule has 0 spiro atoms. The van der Waals surface area contributed by atoms with Crippen molar-refractivity contribution < 1.29 is 19.1 Å². The van der Waals surface area contributed by atoms with E-state index in [0.717, 1.165) is 22.0 Å². The molecule has 0 radical (unpaired) electrons. The Morgan fingerprint density at radius 3 is 2.38 bits per heavy atom. The lowest BCUT2D eigenvalue weighted by Gasteiger charge is -2.16. The molecule has 2 saturated carbocycles. The minimum atomic E-state index is -0.725. The van der Waals surface area contributed by atoms with Gasteiger partial charge in [0.05, 0.1) is 11.3 Å². The van der Waals surface area contributed by atoms with E-state index in [1.54, 1.807) is 18.2 Å². The monoisotopic (exact) mass is 399 g/mol. The fourth-order valence-corrected chi connectivity index (χ4v) is 3.39. The van der Waals surface area contributed by atoms with Crippen molar-refractivity contribution in [3.8, 4) is 0 Å². The zero-order valence-corrected chi connectivity index (χ0v) is 13.4. The highest BCUT2D eigenvalue weighted by Gasteiger charge is 2.55. The highest BCUT2D eigenvalue weighted by molar-refractivity contribution is 14.1. The van der Waals surface area contributed by atoms with E-state index in [1.807, 2.05) is 0 Å². The first-order chi connectivity index (χ1) is 9.94. The van der Waals surface area contributed by atoms with Crippen LogP contribution in [0, 0.1) is 9.49 Å². The number of carbonyl (C=O) groups excluding carboxylic acids is 3. The van der Waals surface area contributed by atoms with Crippen LogP contribution in [0.1, 0.15) is 41.6 Å². The van der Waals surface area contributed by atoms with Gasteiger partial charge in [0.15, 0.2) is 0 Å². The molecule has 2 fully saturated rings. The van der Waals surface area contributed by atoms with Gasteiger partial charge in [-0.05, 0) is 66.0 Å². The lowest BCUT2D eigenvalue weighted by Crippen LogP contribution is -2.27. The molecule has 1 aromatic rings. The first-order valence-corrected chi connectivity index (χ1v) is 7.88. The van der Waals surface area contributed by atoms with E-state index in [1.165, 1.54) is 0 Å². The van der Waals surface area contributed by atoms with Gasteiger partial charge in [-0.15, -0.1) is 0 Å². The van der Waals surface area contributed by atoms with E-state index in [-0.39, 0.29) is 5.92 Å². The predicted molar refractivity (Wildman–Crippen MR) is 82.4 cm³/mol. The lowest BCUT2D eigenvalue weighted by atomic mass is 9.95. The molecule has 2 aliphatic rings. The van der Waals surface area contributed by atoms with E-state index < -0.39 is 23.3 Å². The number of nitrogens with two attached hydrogens (primary N) is 1. The summed E-state index contributed by atoms with van der Waals surface area (Å²) in [6.45, 7) is 0. The lowest BCUT2D eigenvalue weighted by molar-refractivity contribution is -0.162. The van der Waals surface area contributed by atoms with Crippen LogP contribution in [-0.4, -0.2) is 17.8 Å². The van der Waals surface area contributed by atoms with Gasteiger partial charge in [-0.2, -0.15) is 0 Å². The van der Waals surface area contributed by atoms with Gasteiger partial charge in [-0.3, -0.25) is 14.4 Å². The van der Waals surface area contributed by atoms with Gasteiger partial charge in [0, 0.05) is 9.13 Å². The molecule has 21 heavy (non-hydrogen) atoms. The summed E-state index contributed by atoms with van der Waals surface area (Å²) in [5, 5.41) is 0. The highest BCUT2D eigenvalue weighted by atomic mass is 127. The molecule has 0 aromatic heterocycles. The summed E-state index contributed by atoms with van der Waals surface area (Å²) in [6, 6.07) is 5.00. The molecule has 2 aliphatic carbocycles. The number of benzene rings is 1. The number of rotatable bonds is 4. The first-order valence-electron chi connectivity index (χ1n) is 6.80. The second-order valence-electron chi connectivity index (χ2n) is 5.62. The van der Waals surface area contributed by atoms with Crippen molar-refractivity contribution in [1.82, 2.24) is 0 Å². The summed E-state index contributed by atoms with van der Waals surface area (Å²) in [4.78, 5) is 35.1. The van der Waals surface area contributed by atoms with Crippen LogP contribution in [0.5, 0.6) is 0 Å². The number of primary amides is 1. The third-order valence-electron chi connectivity index (χ3n) is 4.01. The molecule has 1 amide bonds. The van der Waals surface area contributed by atoms with Crippen molar-refractivity contribution in [3.05, 3.63) is 32.9 Å². The number of hydrogen-bond acceptors (Lipinski definition) is 4. The Morgan fingerprint density at radius 1 is 1.24 bits per heavy atom. The minimum absolute atomic E-state index is 0.0962. The fraction of sp³-hybridized carbons (Fsp3) is 0.400. The summed E-state index contributed by atoms with van der Waals surface area (Å²) >= 11 is 2.08. The molecule has 0 heterocycles. The van der Waals surface area contributed by atoms with E-state index in [4.69, 9.17) is 10.5 Å². The number of halogens is 1. The zero-order chi connectivity index (χ0) is 15.2. The van der Waals surface area contributed by atoms with Crippen LogP contribution in [0.15, 0.2) is 18.2 Å². The maximum Gasteiger partial charge on any atom is 0.324 e. The summed E-state index contributed by atoms with van der Waals surface area (Å²) < 4.78 is 5.80. The van der Waals surface area contributed by atoms with Crippen molar-refractivity contribution in [3.63, 3.8) is 0 Å². The summed E-state index contributed by atoms with van der Waals surface area (Å²) in [5.41, 5.74) is 5.73. The van der Waals surface area contributed by atoms with E-state index in [9.17, 15) is 14.4 Å². The molecule has 3 rings (SSSR count). The van der Waals surface area contributed by atoms with Gasteiger partial charge in [-0.1, -0.05) is 6.07 Å². The molecule has 110 valence electrons. The molecular weight excluding hydrogens is 385 g/mol. The molecule has 6 heteroatoms. The van der Waals surface area contributed by atoms with Crippen LogP contribution in [0.25, 0.3) is 0 Å². The Bertz CT molecular complexity index is 647. The highest BCUT2D eigenvalue weighted by Crippen LogP contribution is 2.51. The van der Waals surface area contributed by atoms with Crippen LogP contribution in [0.3, 0.4) is 0 Å². The molecule has 0 atom stereocenters. The molecule has 1 aromatic carbocycles. The van der Waals surface area contributed by atoms with Gasteiger partial charge in [0.2, 0.25) is 5.91 Å². The smallest absolute Gasteiger partial charge is 0.324 e. The van der Waals surface area contributed by atoms with Crippen molar-refractivity contribution in [2.45, 2.75) is 31.1 Å². The van der Waals surface area contributed by atoms with Crippen LogP contribution in [0.2, 0.25) is 0 Å². The first kappa shape index (κ1) is 14.5. The van der Waals surface area contributed by atoms with Crippen LogP contribution in [0.4, 0.5) is 0 Å². The quantitative estimate of drug-likeness (QED) is 0.476. The van der Waals surface area contributed by atoms with Gasteiger partial charge in [0.25, 0.3) is 0 Å². The molecule has 0 aliphatic heterocycles. The number of esters is 2. The van der Waals surface area contributed by atoms with Crippen molar-refractivity contribution in [2.24, 2.45) is 11.7 Å². The molecule has 0 unspecified atom stereocenters. The van der Waals surface area contributed by atoms with Crippen molar-refractivity contribution in [2.75, 3.05) is 0 Å². The topological polar surface area (TPSA) is 86.5 Å². The third-order valence-corrected chi connectivity index (χ3v) is 4.91. The normalized spacial score (nSPS) is 18.9. The van der Waals surface area contributed by atoms with Gasteiger partial charge in [0.1, 0.15) is 0 Å². The van der Waals surface area contributed by atoms with Gasteiger partial charge >= 0.3 is 11.9 Å². The third kappa shape index (κ3) is 2.68. The van der Waals surface area contributed by atoms with E-state index >= 15 is 0 Å². The standard InChI is InChI=1S/C15H14INO4/c16-11-7-9(12(17)18)3-4-10(11)15(5-6-15)14(20)21-13(19)8-1-2-8/h3-4,7-8H,1-2,5-6H2,(H2,17,18). The summed E-state index contributed by atoms with van der Waals surface area (Å²) in [6.07, 6.45) is 2.94. The molecule has 0 bridgehead atoms. The number of carbonyl (C=O) groups is 3. The Kier molecular flexibility index (Phi) is 3.51. The largest absolute Gasteiger partial charge is 0.392 e. The summed E-state index contributed by atoms with van der Waals surface area (Å²) in [7, 11) is 0. The Morgan fingerprint density at radius 2 is 1.90 bits per heavy atom. The van der Waals surface area contributed by atoms with Crippen molar-refractivity contribution >= 4 is 40.4 Å². The number of ether oxygens (including phenoxy) is 1. The van der Waals surface area contributed by atoms with Crippen LogP contribution >= 0.6 is 22.6 Å². The molecule has 2 N–H and O–H groups in total. The Balaban J connectivity index is 1.83.